The quantitative estimate of drug-likeness (QED) is 0.521. The number of H-pyrrole nitrogens is 1. The zero-order valence-corrected chi connectivity index (χ0v) is 18.8. The van der Waals surface area contributed by atoms with Crippen LogP contribution in [0, 0.1) is 13.8 Å². The number of carboxylic acids is 1. The van der Waals surface area contributed by atoms with Gasteiger partial charge < -0.3 is 19.9 Å². The van der Waals surface area contributed by atoms with Crippen molar-refractivity contribution in [2.24, 2.45) is 0 Å². The lowest BCUT2D eigenvalue weighted by atomic mass is 10.0. The maximum Gasteiger partial charge on any atom is 0.325 e. The highest BCUT2D eigenvalue weighted by Gasteiger charge is 2.32. The second-order valence-corrected chi connectivity index (χ2v) is 8.38. The van der Waals surface area contributed by atoms with E-state index in [1.54, 1.807) is 13.3 Å². The van der Waals surface area contributed by atoms with Gasteiger partial charge in [-0.3, -0.25) is 19.6 Å². The summed E-state index contributed by atoms with van der Waals surface area (Å²) in [7, 11) is 1.68. The van der Waals surface area contributed by atoms with Crippen LogP contribution in [-0.2, 0) is 17.9 Å². The summed E-state index contributed by atoms with van der Waals surface area (Å²) in [5, 5.41) is 20.4. The van der Waals surface area contributed by atoms with Crippen LogP contribution in [0.25, 0.3) is 10.9 Å². The van der Waals surface area contributed by atoms with Crippen LogP contribution in [-0.4, -0.2) is 69.2 Å². The third-order valence-corrected chi connectivity index (χ3v) is 6.38. The van der Waals surface area contributed by atoms with Gasteiger partial charge in [0.1, 0.15) is 11.8 Å². The van der Waals surface area contributed by atoms with E-state index in [1.165, 1.54) is 0 Å². The molecule has 1 unspecified atom stereocenters. The molecule has 170 valence electrons. The Morgan fingerprint density at radius 1 is 1.25 bits per heavy atom. The Labute approximate surface area is 187 Å². The van der Waals surface area contributed by atoms with Crippen LogP contribution in [0.2, 0.25) is 0 Å². The van der Waals surface area contributed by atoms with Gasteiger partial charge in [-0.15, -0.1) is 0 Å². The number of nitrogens with zero attached hydrogens (tertiary/aromatic N) is 3. The summed E-state index contributed by atoms with van der Waals surface area (Å²) in [6.45, 7) is 7.45. The smallest absolute Gasteiger partial charge is 0.325 e. The number of carboxylic acid groups (broad SMARTS) is 1. The van der Waals surface area contributed by atoms with Gasteiger partial charge in [-0.05, 0) is 31.5 Å². The number of aromatic nitrogens is 2. The van der Waals surface area contributed by atoms with Gasteiger partial charge in [0.15, 0.2) is 0 Å². The second kappa shape index (κ2) is 9.28. The first-order valence-electron chi connectivity index (χ1n) is 10.8. The highest BCUT2D eigenvalue weighted by atomic mass is 16.5. The number of aromatic amines is 1. The summed E-state index contributed by atoms with van der Waals surface area (Å²) in [5.74, 6) is 0.00990. The van der Waals surface area contributed by atoms with Gasteiger partial charge in [-0.25, -0.2) is 0 Å². The third kappa shape index (κ3) is 4.21. The lowest BCUT2D eigenvalue weighted by Crippen LogP contribution is -2.49. The van der Waals surface area contributed by atoms with Gasteiger partial charge in [0.05, 0.1) is 19.4 Å². The fourth-order valence-electron chi connectivity index (χ4n) is 4.62. The molecule has 0 aliphatic carbocycles. The summed E-state index contributed by atoms with van der Waals surface area (Å²) >= 11 is 0. The number of ether oxygens (including phenoxy) is 1. The molecule has 1 fully saturated rings. The number of aliphatic hydroxyl groups excluding tert-OH is 1. The number of aliphatic hydroxyl groups is 1. The molecule has 8 nitrogen and oxygen atoms in total. The number of hydrogen-bond donors (Lipinski definition) is 3. The van der Waals surface area contributed by atoms with Crippen molar-refractivity contribution in [2.45, 2.75) is 33.0 Å². The number of aryl methyl sites for hydroxylation is 1. The Kier molecular flexibility index (Phi) is 6.45. The van der Waals surface area contributed by atoms with Crippen LogP contribution < -0.4 is 4.74 Å². The predicted octanol–water partition coefficient (Wildman–Crippen LogP) is 2.62. The summed E-state index contributed by atoms with van der Waals surface area (Å²) in [5.41, 5.74) is 5.43. The summed E-state index contributed by atoms with van der Waals surface area (Å²) < 4.78 is 5.52. The van der Waals surface area contributed by atoms with Crippen molar-refractivity contribution in [1.82, 2.24) is 19.8 Å². The molecule has 0 amide bonds. The van der Waals surface area contributed by atoms with Gasteiger partial charge in [-0.1, -0.05) is 6.07 Å². The molecule has 0 radical (unpaired) electrons. The first-order chi connectivity index (χ1) is 15.4. The Morgan fingerprint density at radius 2 is 2.00 bits per heavy atom. The fraction of sp³-hybridized carbons (Fsp3) is 0.417. The molecule has 3 N–H and O–H groups in total. The molecule has 1 saturated heterocycles. The van der Waals surface area contributed by atoms with Crippen molar-refractivity contribution in [3.63, 3.8) is 0 Å². The van der Waals surface area contributed by atoms with Gasteiger partial charge in [0.2, 0.25) is 0 Å². The number of fused-ring (bicyclic) bond motifs is 1. The molecule has 1 aromatic carbocycles. The van der Waals surface area contributed by atoms with Crippen molar-refractivity contribution in [3.05, 3.63) is 58.5 Å². The zero-order valence-electron chi connectivity index (χ0n) is 18.8. The Morgan fingerprint density at radius 3 is 2.66 bits per heavy atom. The maximum absolute atomic E-state index is 12.3. The SMILES string of the molecule is COc1c(C)cnc(CN2CCN(C(C(=O)O)c3c[nH]c4ccc(CO)cc34)CC2)c1C. The second-order valence-electron chi connectivity index (χ2n) is 8.38. The minimum atomic E-state index is -0.866. The molecule has 1 atom stereocenters. The van der Waals surface area contributed by atoms with Crippen LogP contribution in [0.5, 0.6) is 5.75 Å². The number of rotatable bonds is 7. The number of methoxy groups -OCH3 is 1. The number of nitrogens with one attached hydrogen (secondary N) is 1. The number of pyridine rings is 1. The summed E-state index contributed by atoms with van der Waals surface area (Å²) in [4.78, 5) is 24.4. The Bertz CT molecular complexity index is 1120. The van der Waals surface area contributed by atoms with E-state index >= 15 is 0 Å². The lowest BCUT2D eigenvalue weighted by Gasteiger charge is -2.37. The molecule has 1 aliphatic heterocycles. The summed E-state index contributed by atoms with van der Waals surface area (Å²) in [6.07, 6.45) is 3.62. The maximum atomic E-state index is 12.3. The Hall–Kier alpha value is -2.94. The number of carbonyl (C=O) groups is 1. The van der Waals surface area contributed by atoms with Crippen molar-refractivity contribution in [2.75, 3.05) is 33.3 Å². The lowest BCUT2D eigenvalue weighted by molar-refractivity contribution is -0.144. The molecular weight excluding hydrogens is 408 g/mol. The van der Waals surface area contributed by atoms with Crippen LogP contribution in [0.3, 0.4) is 0 Å². The minimum Gasteiger partial charge on any atom is -0.496 e. The largest absolute Gasteiger partial charge is 0.496 e. The van der Waals surface area contributed by atoms with E-state index in [0.29, 0.717) is 19.6 Å². The van der Waals surface area contributed by atoms with Crippen molar-refractivity contribution < 1.29 is 19.7 Å². The molecule has 0 bridgehead atoms. The standard InChI is InChI=1S/C24H30N4O4/c1-15-11-25-21(16(2)23(15)32-3)13-27-6-8-28(9-7-27)22(24(30)31)19-12-26-20-5-4-17(14-29)10-18(19)20/h4-5,10-12,22,26,29H,6-9,13-14H2,1-3H3,(H,30,31). The van der Waals surface area contributed by atoms with E-state index in [2.05, 4.69) is 14.9 Å². The molecule has 3 heterocycles. The molecule has 3 aromatic rings. The van der Waals surface area contributed by atoms with Crippen molar-refractivity contribution >= 4 is 16.9 Å². The van der Waals surface area contributed by atoms with E-state index in [0.717, 1.165) is 57.7 Å². The van der Waals surface area contributed by atoms with Gasteiger partial charge >= 0.3 is 5.97 Å². The van der Waals surface area contributed by atoms with Crippen molar-refractivity contribution in [1.29, 1.82) is 0 Å². The normalized spacial score (nSPS) is 16.4. The molecule has 0 spiro atoms. The van der Waals surface area contributed by atoms with Gasteiger partial charge in [-0.2, -0.15) is 0 Å². The van der Waals surface area contributed by atoms with Crippen LogP contribution in [0.4, 0.5) is 0 Å². The van der Waals surface area contributed by atoms with Crippen molar-refractivity contribution in [3.8, 4) is 5.75 Å². The first kappa shape index (κ1) is 22.3. The number of hydrogen-bond acceptors (Lipinski definition) is 6. The zero-order chi connectivity index (χ0) is 22.8. The number of benzene rings is 1. The van der Waals surface area contributed by atoms with E-state index in [1.807, 2.05) is 43.1 Å². The molecule has 4 rings (SSSR count). The number of aliphatic carboxylic acids is 1. The van der Waals surface area contributed by atoms with Crippen LogP contribution in [0.15, 0.2) is 30.6 Å². The fourth-order valence-corrected chi connectivity index (χ4v) is 4.62. The van der Waals surface area contributed by atoms with Crippen LogP contribution >= 0.6 is 0 Å². The molecule has 1 aliphatic rings. The molecule has 2 aromatic heterocycles. The monoisotopic (exact) mass is 438 g/mol. The average Bonchev–Trinajstić information content (AvgIpc) is 3.20. The van der Waals surface area contributed by atoms with Gasteiger partial charge in [0.25, 0.3) is 0 Å². The predicted molar refractivity (Wildman–Crippen MR) is 122 cm³/mol. The summed E-state index contributed by atoms with van der Waals surface area (Å²) in [6, 6.07) is 4.85. The topological polar surface area (TPSA) is 102 Å². The number of piperazine rings is 1. The minimum absolute atomic E-state index is 0.0752. The highest BCUT2D eigenvalue weighted by molar-refractivity contribution is 5.89. The molecule has 0 saturated carbocycles. The van der Waals surface area contributed by atoms with E-state index < -0.39 is 12.0 Å². The van der Waals surface area contributed by atoms with Crippen LogP contribution in [0.1, 0.15) is 34.0 Å². The Balaban J connectivity index is 1.50. The van der Waals surface area contributed by atoms with E-state index in [-0.39, 0.29) is 6.61 Å². The van der Waals surface area contributed by atoms with E-state index in [9.17, 15) is 15.0 Å². The first-order valence-corrected chi connectivity index (χ1v) is 10.8. The molecular formula is C24H30N4O4. The molecule has 32 heavy (non-hydrogen) atoms. The van der Waals surface area contributed by atoms with Gasteiger partial charge in [0, 0.05) is 72.7 Å². The van der Waals surface area contributed by atoms with E-state index in [4.69, 9.17) is 4.74 Å². The third-order valence-electron chi connectivity index (χ3n) is 6.38. The molecule has 8 heteroatoms. The average molecular weight is 439 g/mol. The highest BCUT2D eigenvalue weighted by Crippen LogP contribution is 2.31.